The minimum absolute atomic E-state index is 0.0986. The van der Waals surface area contributed by atoms with Gasteiger partial charge in [-0.05, 0) is 71.9 Å². The smallest absolute Gasteiger partial charge is 0.400 e. The van der Waals surface area contributed by atoms with Gasteiger partial charge in [-0.25, -0.2) is 0 Å². The largest absolute Gasteiger partial charge is 0.494 e. The predicted octanol–water partition coefficient (Wildman–Crippen LogP) is 3.14. The van der Waals surface area contributed by atoms with Gasteiger partial charge >= 0.3 is 14.2 Å². The summed E-state index contributed by atoms with van der Waals surface area (Å²) >= 11 is 0. The topological polar surface area (TPSA) is 66.0 Å². The highest BCUT2D eigenvalue weighted by Gasteiger charge is 2.53. The number of carbonyl (C=O) groups excluding carboxylic acids is 1. The Bertz CT molecular complexity index is 829. The molecule has 3 rings (SSSR count). The molecule has 1 amide bonds. The maximum absolute atomic E-state index is 11.5. The average Bonchev–Trinajstić information content (AvgIpc) is 2.98. The minimum atomic E-state index is -0.528. The van der Waals surface area contributed by atoms with Crippen LogP contribution in [0.25, 0.3) is 6.08 Å². The van der Waals surface area contributed by atoms with Crippen LogP contribution in [0.3, 0.4) is 0 Å². The van der Waals surface area contributed by atoms with Crippen LogP contribution in [-0.2, 0) is 23.4 Å². The highest BCUT2D eigenvalue weighted by Crippen LogP contribution is 2.39. The van der Waals surface area contributed by atoms with Crippen molar-refractivity contribution in [2.45, 2.75) is 84.7 Å². The van der Waals surface area contributed by atoms with E-state index in [1.54, 1.807) is 0 Å². The molecule has 0 radical (unpaired) electrons. The number of carbonyl (C=O) groups is 1. The van der Waals surface area contributed by atoms with E-state index in [-0.39, 0.29) is 17.1 Å². The lowest BCUT2D eigenvalue weighted by molar-refractivity contribution is -0.118. The van der Waals surface area contributed by atoms with Crippen molar-refractivity contribution >= 4 is 31.7 Å². The molecule has 2 aliphatic heterocycles. The third-order valence-electron chi connectivity index (χ3n) is 6.91. The highest BCUT2D eigenvalue weighted by molar-refractivity contribution is 6.62. The second-order valence-electron chi connectivity index (χ2n) is 10.5. The summed E-state index contributed by atoms with van der Waals surface area (Å²) in [5, 5.41) is 2.86. The number of hydrogen-bond acceptors (Lipinski definition) is 5. The van der Waals surface area contributed by atoms with E-state index in [1.807, 2.05) is 85.7 Å². The third-order valence-corrected chi connectivity index (χ3v) is 6.91. The molecule has 6 nitrogen and oxygen atoms in total. The molecule has 1 aromatic rings. The molecular weight excluding hydrogens is 392 g/mol. The Labute approximate surface area is 187 Å². The lowest BCUT2D eigenvalue weighted by Gasteiger charge is -2.32. The molecule has 2 fully saturated rings. The zero-order valence-electron chi connectivity index (χ0n) is 20.3. The van der Waals surface area contributed by atoms with Gasteiger partial charge < -0.3 is 23.9 Å². The zero-order chi connectivity index (χ0) is 23.2. The lowest BCUT2D eigenvalue weighted by atomic mass is 9.76. The maximum atomic E-state index is 11.5. The van der Waals surface area contributed by atoms with Gasteiger partial charge in [-0.1, -0.05) is 30.3 Å². The molecule has 1 aromatic carbocycles. The van der Waals surface area contributed by atoms with Crippen molar-refractivity contribution < 1.29 is 23.4 Å². The van der Waals surface area contributed by atoms with E-state index in [0.717, 1.165) is 16.5 Å². The van der Waals surface area contributed by atoms with Gasteiger partial charge in [0.05, 0.1) is 22.4 Å². The maximum Gasteiger partial charge on any atom is 0.494 e. The number of amides is 1. The van der Waals surface area contributed by atoms with Crippen LogP contribution < -0.4 is 10.8 Å². The van der Waals surface area contributed by atoms with Gasteiger partial charge in [0, 0.05) is 13.5 Å². The van der Waals surface area contributed by atoms with Gasteiger partial charge in [-0.2, -0.15) is 0 Å². The molecule has 2 saturated heterocycles. The first-order valence-corrected chi connectivity index (χ1v) is 10.9. The van der Waals surface area contributed by atoms with Crippen LogP contribution in [0.4, 0.5) is 0 Å². The molecule has 0 atom stereocenters. The van der Waals surface area contributed by atoms with Crippen molar-refractivity contribution in [2.24, 2.45) is 0 Å². The van der Waals surface area contributed by atoms with Crippen LogP contribution in [0.15, 0.2) is 29.7 Å². The summed E-state index contributed by atoms with van der Waals surface area (Å²) in [6.45, 7) is 18.1. The number of hydrogen-bond donors (Lipinski definition) is 1. The van der Waals surface area contributed by atoms with Crippen molar-refractivity contribution in [2.75, 3.05) is 6.54 Å². The molecule has 0 spiro atoms. The number of nitrogens with one attached hydrogen (secondary N) is 1. The molecule has 1 N–H and O–H groups in total. The Kier molecular flexibility index (Phi) is 6.26. The molecular formula is C23H35B2NO5. The first-order valence-electron chi connectivity index (χ1n) is 10.9. The monoisotopic (exact) mass is 427 g/mol. The fourth-order valence-electron chi connectivity index (χ4n) is 3.37. The molecule has 31 heavy (non-hydrogen) atoms. The summed E-state index contributed by atoms with van der Waals surface area (Å²) in [6, 6.07) is 8.04. The van der Waals surface area contributed by atoms with Crippen LogP contribution in [0, 0.1) is 0 Å². The molecule has 8 heteroatoms. The Morgan fingerprint density at radius 3 is 1.74 bits per heavy atom. The van der Waals surface area contributed by atoms with Gasteiger partial charge in [-0.3, -0.25) is 4.79 Å². The molecule has 2 heterocycles. The van der Waals surface area contributed by atoms with Crippen LogP contribution in [-0.4, -0.2) is 49.1 Å². The van der Waals surface area contributed by atoms with Crippen molar-refractivity contribution in [3.63, 3.8) is 0 Å². The summed E-state index contributed by atoms with van der Waals surface area (Å²) < 4.78 is 24.7. The van der Waals surface area contributed by atoms with Gasteiger partial charge in [0.1, 0.15) is 0 Å². The Balaban J connectivity index is 1.82. The van der Waals surface area contributed by atoms with Gasteiger partial charge in [-0.15, -0.1) is 0 Å². The average molecular weight is 427 g/mol. The first-order chi connectivity index (χ1) is 14.1. The fraction of sp³-hybridized carbons (Fsp3) is 0.609. The van der Waals surface area contributed by atoms with E-state index in [1.165, 1.54) is 6.92 Å². The Morgan fingerprint density at radius 2 is 1.29 bits per heavy atom. The normalized spacial score (nSPS) is 23.8. The first kappa shape index (κ1) is 24.1. The van der Waals surface area contributed by atoms with Crippen LogP contribution in [0.2, 0.25) is 0 Å². The second kappa shape index (κ2) is 8.07. The summed E-state index contributed by atoms with van der Waals surface area (Å²) in [5.74, 6) is -0.0986. The Morgan fingerprint density at radius 1 is 0.839 bits per heavy atom. The zero-order valence-corrected chi connectivity index (χ0v) is 20.3. The van der Waals surface area contributed by atoms with Crippen LogP contribution in [0.1, 0.15) is 67.9 Å². The summed E-state index contributed by atoms with van der Waals surface area (Å²) in [5.41, 5.74) is 1.15. The van der Waals surface area contributed by atoms with E-state index < -0.39 is 25.4 Å². The predicted molar refractivity (Wildman–Crippen MR) is 125 cm³/mol. The minimum Gasteiger partial charge on any atom is -0.400 e. The fourth-order valence-corrected chi connectivity index (χ4v) is 3.37. The molecule has 0 unspecified atom stereocenters. The van der Waals surface area contributed by atoms with Crippen LogP contribution >= 0.6 is 0 Å². The van der Waals surface area contributed by atoms with Gasteiger partial charge in [0.2, 0.25) is 5.91 Å². The standard InChI is InChI=1S/C23H35B2NO5/c1-16(27)26-15-19(25-30-22(6,7)23(8,9)31-25)14-17-10-12-18(13-11-17)24-28-20(2,3)21(4,5)29-24/h10-14H,15H2,1-9H3,(H,26,27). The summed E-state index contributed by atoms with van der Waals surface area (Å²) in [7, 11) is -0.926. The van der Waals surface area contributed by atoms with Crippen molar-refractivity contribution in [3.8, 4) is 0 Å². The molecule has 168 valence electrons. The number of rotatable bonds is 5. The number of benzene rings is 1. The van der Waals surface area contributed by atoms with E-state index in [0.29, 0.717) is 6.54 Å². The quantitative estimate of drug-likeness (QED) is 0.732. The molecule has 0 saturated carbocycles. The lowest BCUT2D eigenvalue weighted by Crippen LogP contribution is -2.41. The van der Waals surface area contributed by atoms with Crippen molar-refractivity contribution in [1.82, 2.24) is 5.32 Å². The van der Waals surface area contributed by atoms with E-state index in [9.17, 15) is 4.79 Å². The SMILES string of the molecule is CC(=O)NCC(=Cc1ccc(B2OC(C)(C)C(C)(C)O2)cc1)B1OC(C)(C)C(C)(C)O1. The second-order valence-corrected chi connectivity index (χ2v) is 10.5. The molecule has 0 aliphatic carbocycles. The van der Waals surface area contributed by atoms with Gasteiger partial charge in [0.15, 0.2) is 0 Å². The molecule has 0 bridgehead atoms. The van der Waals surface area contributed by atoms with E-state index in [2.05, 4.69) is 5.32 Å². The summed E-state index contributed by atoms with van der Waals surface area (Å²) in [4.78, 5) is 11.5. The summed E-state index contributed by atoms with van der Waals surface area (Å²) in [6.07, 6.45) is 2.01. The molecule has 0 aromatic heterocycles. The Hall–Kier alpha value is -1.60. The third kappa shape index (κ3) is 4.92. The van der Waals surface area contributed by atoms with Crippen molar-refractivity contribution in [3.05, 3.63) is 35.3 Å². The highest BCUT2D eigenvalue weighted by atomic mass is 16.7. The molecule has 2 aliphatic rings. The van der Waals surface area contributed by atoms with E-state index in [4.69, 9.17) is 18.6 Å². The van der Waals surface area contributed by atoms with Crippen LogP contribution in [0.5, 0.6) is 0 Å². The van der Waals surface area contributed by atoms with Gasteiger partial charge in [0.25, 0.3) is 0 Å². The van der Waals surface area contributed by atoms with E-state index >= 15 is 0 Å². The van der Waals surface area contributed by atoms with Crippen molar-refractivity contribution in [1.29, 1.82) is 0 Å².